The van der Waals surface area contributed by atoms with Crippen LogP contribution in [0.3, 0.4) is 0 Å². The third-order valence-electron chi connectivity index (χ3n) is 8.89. The van der Waals surface area contributed by atoms with Crippen LogP contribution in [0.25, 0.3) is 39.5 Å². The van der Waals surface area contributed by atoms with Gasteiger partial charge in [-0.05, 0) is 59.7 Å². The van der Waals surface area contributed by atoms with Gasteiger partial charge in [-0.25, -0.2) is 19.3 Å². The van der Waals surface area contributed by atoms with E-state index in [0.717, 1.165) is 51.6 Å². The number of rotatable bonds is 16. The van der Waals surface area contributed by atoms with Crippen molar-refractivity contribution in [2.75, 3.05) is 32.8 Å². The molecule has 0 atom stereocenters. The smallest absolute Gasteiger partial charge is 0.407 e. The number of carbonyl (C=O) groups excluding carboxylic acids is 2. The van der Waals surface area contributed by atoms with Gasteiger partial charge in [0.1, 0.15) is 24.0 Å². The maximum absolute atomic E-state index is 12.1. The van der Waals surface area contributed by atoms with E-state index >= 15 is 0 Å². The standard InChI is InChI=1S/C42H41N7O4S/c50-41-43-23-24-48(41)25-26-52-39-27-37(49-28-35(46-47-49)13-7-8-22-44-42(51)53-29-32-9-3-1-4-10-32)20-21-38(39)40-45-36(30-54-40)19-16-31-14-17-34(18-15-31)33-11-5-2-6-12-33/h1-6,9-12,14-21,27-28,30H,7-8,13,22-26,29H2,(H,43,50)(H,44,51)/b19-16+. The largest absolute Gasteiger partial charge is 0.491 e. The topological polar surface area (TPSA) is 124 Å². The van der Waals surface area contributed by atoms with Crippen LogP contribution in [-0.4, -0.2) is 69.8 Å². The van der Waals surface area contributed by atoms with Crippen molar-refractivity contribution in [1.82, 2.24) is 35.5 Å². The van der Waals surface area contributed by atoms with E-state index in [1.807, 2.05) is 84.4 Å². The summed E-state index contributed by atoms with van der Waals surface area (Å²) in [5.74, 6) is 0.649. The first-order valence-corrected chi connectivity index (χ1v) is 18.9. The molecule has 0 radical (unpaired) electrons. The second-order valence-electron chi connectivity index (χ2n) is 12.7. The number of thiazole rings is 1. The Morgan fingerprint density at radius 2 is 1.72 bits per heavy atom. The number of hydrogen-bond acceptors (Lipinski definition) is 8. The highest BCUT2D eigenvalue weighted by atomic mass is 32.1. The summed E-state index contributed by atoms with van der Waals surface area (Å²) in [6.07, 6.45) is 7.89. The van der Waals surface area contributed by atoms with Gasteiger partial charge in [0.05, 0.1) is 35.4 Å². The molecule has 3 heterocycles. The summed E-state index contributed by atoms with van der Waals surface area (Å²) in [4.78, 5) is 30.8. The lowest BCUT2D eigenvalue weighted by Gasteiger charge is -2.16. The van der Waals surface area contributed by atoms with Crippen molar-refractivity contribution in [3.8, 4) is 33.1 Å². The van der Waals surface area contributed by atoms with E-state index in [9.17, 15) is 9.59 Å². The number of nitrogens with zero attached hydrogens (tertiary/aromatic N) is 5. The Morgan fingerprint density at radius 1 is 0.926 bits per heavy atom. The third-order valence-corrected chi connectivity index (χ3v) is 9.79. The highest BCUT2D eigenvalue weighted by Crippen LogP contribution is 2.35. The zero-order valence-corrected chi connectivity index (χ0v) is 30.6. The average molecular weight is 740 g/mol. The molecule has 1 saturated heterocycles. The lowest BCUT2D eigenvalue weighted by Crippen LogP contribution is -2.31. The Morgan fingerprint density at radius 3 is 2.52 bits per heavy atom. The number of nitrogens with one attached hydrogen (secondary N) is 2. The summed E-state index contributed by atoms with van der Waals surface area (Å²) in [5, 5.41) is 17.3. The summed E-state index contributed by atoms with van der Waals surface area (Å²) in [6, 6.07) is 34.2. The lowest BCUT2D eigenvalue weighted by atomic mass is 10.0. The highest BCUT2D eigenvalue weighted by molar-refractivity contribution is 7.13. The Kier molecular flexibility index (Phi) is 12.0. The molecule has 2 N–H and O–H groups in total. The number of hydrogen-bond donors (Lipinski definition) is 2. The monoisotopic (exact) mass is 739 g/mol. The van der Waals surface area contributed by atoms with Crippen LogP contribution in [0.4, 0.5) is 9.59 Å². The van der Waals surface area contributed by atoms with Gasteiger partial charge in [-0.1, -0.05) is 96.2 Å². The van der Waals surface area contributed by atoms with Crippen LogP contribution in [0.15, 0.2) is 115 Å². The molecule has 12 heteroatoms. The van der Waals surface area contributed by atoms with Gasteiger partial charge in [-0.2, -0.15) is 0 Å². The van der Waals surface area contributed by atoms with Crippen molar-refractivity contribution in [2.45, 2.75) is 25.9 Å². The predicted octanol–water partition coefficient (Wildman–Crippen LogP) is 7.88. The Balaban J connectivity index is 0.973. The van der Waals surface area contributed by atoms with Crippen LogP contribution >= 0.6 is 11.3 Å². The molecule has 7 rings (SSSR count). The van der Waals surface area contributed by atoms with Crippen molar-refractivity contribution >= 4 is 35.6 Å². The van der Waals surface area contributed by atoms with Crippen LogP contribution in [0, 0.1) is 0 Å². The molecular formula is C42H41N7O4S. The SMILES string of the molecule is O=C(NCCCCc1cn(-c2ccc(-c3nc(/C=C/c4ccc(-c5ccccc5)cc4)cs3)c(OCCN3CCNC3=O)c2)nn1)OCc1ccccc1. The van der Waals surface area contributed by atoms with Gasteiger partial charge < -0.3 is 25.0 Å². The summed E-state index contributed by atoms with van der Waals surface area (Å²) < 4.78 is 13.3. The minimum Gasteiger partial charge on any atom is -0.491 e. The molecule has 0 spiro atoms. The number of ether oxygens (including phenoxy) is 2. The van der Waals surface area contributed by atoms with E-state index in [0.29, 0.717) is 45.0 Å². The molecule has 1 aliphatic rings. The molecule has 6 aromatic rings. The fourth-order valence-electron chi connectivity index (χ4n) is 5.96. The maximum Gasteiger partial charge on any atom is 0.407 e. The number of unbranched alkanes of at least 4 members (excludes halogenated alkanes) is 1. The van der Waals surface area contributed by atoms with E-state index in [1.165, 1.54) is 11.1 Å². The summed E-state index contributed by atoms with van der Waals surface area (Å²) >= 11 is 1.55. The van der Waals surface area contributed by atoms with E-state index < -0.39 is 6.09 Å². The average Bonchev–Trinajstić information content (AvgIpc) is 3.99. The van der Waals surface area contributed by atoms with E-state index in [2.05, 4.69) is 63.4 Å². The van der Waals surface area contributed by atoms with Gasteiger partial charge in [0.25, 0.3) is 0 Å². The number of benzene rings is 4. The van der Waals surface area contributed by atoms with E-state index in [4.69, 9.17) is 14.5 Å². The predicted molar refractivity (Wildman–Crippen MR) is 211 cm³/mol. The number of urea groups is 1. The minimum atomic E-state index is -0.426. The normalized spacial score (nSPS) is 12.6. The number of aryl methyl sites for hydroxylation is 1. The van der Waals surface area contributed by atoms with Crippen LogP contribution in [0.2, 0.25) is 0 Å². The number of aromatic nitrogens is 4. The van der Waals surface area contributed by atoms with Gasteiger partial charge >= 0.3 is 12.1 Å². The van der Waals surface area contributed by atoms with Gasteiger partial charge in [0.2, 0.25) is 0 Å². The molecule has 4 aromatic carbocycles. The van der Waals surface area contributed by atoms with Crippen molar-refractivity contribution in [1.29, 1.82) is 0 Å². The molecule has 0 unspecified atom stereocenters. The Bertz CT molecular complexity index is 2170. The molecule has 0 aliphatic carbocycles. The van der Waals surface area contributed by atoms with Gasteiger partial charge in [0.15, 0.2) is 0 Å². The molecule has 11 nitrogen and oxygen atoms in total. The van der Waals surface area contributed by atoms with Crippen molar-refractivity contribution < 1.29 is 19.1 Å². The first kappa shape index (κ1) is 36.1. The van der Waals surface area contributed by atoms with Gasteiger partial charge in [-0.15, -0.1) is 16.4 Å². The molecule has 1 fully saturated rings. The van der Waals surface area contributed by atoms with E-state index in [-0.39, 0.29) is 12.6 Å². The van der Waals surface area contributed by atoms with Crippen molar-refractivity contribution in [3.05, 3.63) is 137 Å². The van der Waals surface area contributed by atoms with Crippen molar-refractivity contribution in [2.24, 2.45) is 0 Å². The number of carbonyl (C=O) groups is 2. The summed E-state index contributed by atoms with van der Waals surface area (Å²) in [5.41, 5.74) is 7.76. The Hall–Kier alpha value is -6.27. The molecule has 3 amide bonds. The quantitative estimate of drug-likeness (QED) is 0.0969. The fourth-order valence-corrected chi connectivity index (χ4v) is 6.78. The van der Waals surface area contributed by atoms with E-state index in [1.54, 1.807) is 20.9 Å². The minimum absolute atomic E-state index is 0.0763. The molecule has 274 valence electrons. The van der Waals surface area contributed by atoms with Gasteiger partial charge in [-0.3, -0.25) is 0 Å². The van der Waals surface area contributed by atoms with Gasteiger partial charge in [0, 0.05) is 31.1 Å². The molecule has 1 aliphatic heterocycles. The molecule has 0 saturated carbocycles. The molecule has 0 bridgehead atoms. The third kappa shape index (κ3) is 9.78. The second-order valence-corrected chi connectivity index (χ2v) is 13.6. The zero-order chi connectivity index (χ0) is 37.0. The molecule has 54 heavy (non-hydrogen) atoms. The lowest BCUT2D eigenvalue weighted by molar-refractivity contribution is 0.139. The first-order chi connectivity index (χ1) is 26.6. The fraction of sp³-hybridized carbons (Fsp3) is 0.214. The summed E-state index contributed by atoms with van der Waals surface area (Å²) in [6.45, 7) is 2.85. The van der Waals surface area contributed by atoms with Crippen LogP contribution < -0.4 is 15.4 Å². The second kappa shape index (κ2) is 18.0. The number of amides is 3. The van der Waals surface area contributed by atoms with Crippen LogP contribution in [0.1, 0.15) is 35.4 Å². The Labute approximate surface area is 318 Å². The van der Waals surface area contributed by atoms with Crippen LogP contribution in [0.5, 0.6) is 5.75 Å². The first-order valence-electron chi connectivity index (χ1n) is 18.0. The van der Waals surface area contributed by atoms with Crippen LogP contribution in [-0.2, 0) is 17.8 Å². The zero-order valence-electron chi connectivity index (χ0n) is 29.8. The highest BCUT2D eigenvalue weighted by Gasteiger charge is 2.20. The molecule has 2 aromatic heterocycles. The maximum atomic E-state index is 12.1. The molecular weight excluding hydrogens is 699 g/mol. The van der Waals surface area contributed by atoms with Crippen molar-refractivity contribution in [3.63, 3.8) is 0 Å². The number of alkyl carbamates (subject to hydrolysis) is 1. The summed E-state index contributed by atoms with van der Waals surface area (Å²) in [7, 11) is 0.